The summed E-state index contributed by atoms with van der Waals surface area (Å²) in [5.41, 5.74) is 1.44. The zero-order valence-corrected chi connectivity index (χ0v) is 11.6. The first-order valence-electron chi connectivity index (χ1n) is 6.47. The molecule has 0 bridgehead atoms. The topological polar surface area (TPSA) is 44.1 Å². The first-order chi connectivity index (χ1) is 10.0. The van der Waals surface area contributed by atoms with Crippen molar-refractivity contribution < 1.29 is 13.9 Å². The molecule has 0 atom stereocenters. The quantitative estimate of drug-likeness (QED) is 0.716. The van der Waals surface area contributed by atoms with Gasteiger partial charge in [0.1, 0.15) is 17.3 Å². The Morgan fingerprint density at radius 3 is 2.76 bits per heavy atom. The van der Waals surface area contributed by atoms with Crippen molar-refractivity contribution in [1.82, 2.24) is 9.78 Å². The van der Waals surface area contributed by atoms with Crippen LogP contribution in [-0.4, -0.2) is 15.7 Å². The highest BCUT2D eigenvalue weighted by atomic mass is 19.1. The van der Waals surface area contributed by atoms with Crippen LogP contribution in [0.5, 0.6) is 11.5 Å². The van der Waals surface area contributed by atoms with Crippen LogP contribution in [0.25, 0.3) is 10.9 Å². The summed E-state index contributed by atoms with van der Waals surface area (Å²) < 4.78 is 20.2. The van der Waals surface area contributed by atoms with Gasteiger partial charge in [0, 0.05) is 12.3 Å². The maximum Gasteiger partial charge on any atom is 0.244 e. The van der Waals surface area contributed by atoms with Gasteiger partial charge in [-0.15, -0.1) is 0 Å². The van der Waals surface area contributed by atoms with E-state index in [2.05, 4.69) is 5.10 Å². The number of fused-ring (bicyclic) bond motifs is 1. The van der Waals surface area contributed by atoms with E-state index in [1.807, 2.05) is 0 Å². The second-order valence-electron chi connectivity index (χ2n) is 4.81. The van der Waals surface area contributed by atoms with Gasteiger partial charge < -0.3 is 4.74 Å². The monoisotopic (exact) mass is 284 g/mol. The summed E-state index contributed by atoms with van der Waals surface area (Å²) in [5, 5.41) is 4.84. The van der Waals surface area contributed by atoms with Crippen LogP contribution in [-0.2, 0) is 0 Å². The number of aromatic nitrogens is 2. The standard InChI is InChI=1S/C16H13FN2O2/c1-10-7-13(17)3-6-16(10)21-14-4-5-15-12(8-14)9-18-19(15)11(2)20/h3-9H,1-2H3. The molecule has 5 heteroatoms. The Morgan fingerprint density at radius 1 is 1.24 bits per heavy atom. The molecular formula is C16H13FN2O2. The number of halogens is 1. The molecule has 0 saturated heterocycles. The fourth-order valence-corrected chi connectivity index (χ4v) is 2.18. The van der Waals surface area contributed by atoms with Crippen molar-refractivity contribution in [2.75, 3.05) is 0 Å². The van der Waals surface area contributed by atoms with Crippen LogP contribution in [0.4, 0.5) is 4.39 Å². The summed E-state index contributed by atoms with van der Waals surface area (Å²) in [6.07, 6.45) is 1.61. The van der Waals surface area contributed by atoms with E-state index in [1.165, 1.54) is 23.7 Å². The van der Waals surface area contributed by atoms with Crippen LogP contribution in [0.1, 0.15) is 17.3 Å². The summed E-state index contributed by atoms with van der Waals surface area (Å²) >= 11 is 0. The lowest BCUT2D eigenvalue weighted by Gasteiger charge is -2.08. The van der Waals surface area contributed by atoms with Gasteiger partial charge in [-0.2, -0.15) is 5.10 Å². The smallest absolute Gasteiger partial charge is 0.244 e. The minimum Gasteiger partial charge on any atom is -0.457 e. The number of hydrogen-bond acceptors (Lipinski definition) is 3. The van der Waals surface area contributed by atoms with E-state index in [-0.39, 0.29) is 11.7 Å². The Bertz CT molecular complexity index is 839. The van der Waals surface area contributed by atoms with Gasteiger partial charge in [0.05, 0.1) is 11.7 Å². The summed E-state index contributed by atoms with van der Waals surface area (Å²) in [7, 11) is 0. The van der Waals surface area contributed by atoms with Gasteiger partial charge in [0.15, 0.2) is 0 Å². The molecule has 106 valence electrons. The SMILES string of the molecule is CC(=O)n1ncc2cc(Oc3ccc(F)cc3C)ccc21. The van der Waals surface area contributed by atoms with E-state index in [0.717, 1.165) is 16.5 Å². The average Bonchev–Trinajstić information content (AvgIpc) is 2.85. The minimum atomic E-state index is -0.293. The van der Waals surface area contributed by atoms with E-state index in [1.54, 1.807) is 37.4 Å². The Morgan fingerprint density at radius 2 is 2.05 bits per heavy atom. The Balaban J connectivity index is 1.96. The molecule has 2 aromatic carbocycles. The molecule has 0 aliphatic heterocycles. The van der Waals surface area contributed by atoms with Crippen molar-refractivity contribution in [2.45, 2.75) is 13.8 Å². The lowest BCUT2D eigenvalue weighted by Crippen LogP contribution is -2.06. The van der Waals surface area contributed by atoms with E-state index < -0.39 is 0 Å². The number of rotatable bonds is 2. The lowest BCUT2D eigenvalue weighted by molar-refractivity contribution is 0.0927. The molecule has 0 fully saturated rings. The largest absolute Gasteiger partial charge is 0.457 e. The van der Waals surface area contributed by atoms with Gasteiger partial charge >= 0.3 is 0 Å². The molecule has 0 N–H and O–H groups in total. The van der Waals surface area contributed by atoms with E-state index in [4.69, 9.17) is 4.74 Å². The molecule has 0 aliphatic rings. The predicted molar refractivity (Wildman–Crippen MR) is 77.2 cm³/mol. The minimum absolute atomic E-state index is 0.145. The number of nitrogens with zero attached hydrogens (tertiary/aromatic N) is 2. The van der Waals surface area contributed by atoms with Gasteiger partial charge in [-0.1, -0.05) is 0 Å². The van der Waals surface area contributed by atoms with Crippen LogP contribution in [0.3, 0.4) is 0 Å². The highest BCUT2D eigenvalue weighted by Crippen LogP contribution is 2.28. The Hall–Kier alpha value is -2.69. The maximum absolute atomic E-state index is 13.1. The molecule has 0 unspecified atom stereocenters. The van der Waals surface area contributed by atoms with Crippen LogP contribution in [0.2, 0.25) is 0 Å². The molecular weight excluding hydrogens is 271 g/mol. The first kappa shape index (κ1) is 13.3. The highest BCUT2D eigenvalue weighted by Gasteiger charge is 2.08. The second kappa shape index (κ2) is 5.01. The third-order valence-corrected chi connectivity index (χ3v) is 3.20. The number of hydrogen-bond donors (Lipinski definition) is 0. The third kappa shape index (κ3) is 2.50. The number of carbonyl (C=O) groups is 1. The molecule has 21 heavy (non-hydrogen) atoms. The zero-order chi connectivity index (χ0) is 15.0. The molecule has 3 aromatic rings. The molecule has 0 radical (unpaired) electrons. The van der Waals surface area contributed by atoms with Gasteiger partial charge in [-0.05, 0) is 48.9 Å². The van der Waals surface area contributed by atoms with Gasteiger partial charge in [-0.3, -0.25) is 4.79 Å². The Kier molecular flexibility index (Phi) is 3.17. The molecule has 0 spiro atoms. The average molecular weight is 284 g/mol. The molecule has 1 aromatic heterocycles. The van der Waals surface area contributed by atoms with Gasteiger partial charge in [0.2, 0.25) is 5.91 Å². The van der Waals surface area contributed by atoms with E-state index in [0.29, 0.717) is 11.5 Å². The van der Waals surface area contributed by atoms with Crippen molar-refractivity contribution >= 4 is 16.8 Å². The van der Waals surface area contributed by atoms with Gasteiger partial charge in [-0.25, -0.2) is 9.07 Å². The predicted octanol–water partition coefficient (Wildman–Crippen LogP) is 3.94. The van der Waals surface area contributed by atoms with Crippen LogP contribution in [0, 0.1) is 12.7 Å². The maximum atomic E-state index is 13.1. The normalized spacial score (nSPS) is 10.8. The summed E-state index contributed by atoms with van der Waals surface area (Å²) in [6.45, 7) is 3.24. The summed E-state index contributed by atoms with van der Waals surface area (Å²) in [4.78, 5) is 11.4. The molecule has 0 amide bonds. The summed E-state index contributed by atoms with van der Waals surface area (Å²) in [5.74, 6) is 0.765. The van der Waals surface area contributed by atoms with Crippen molar-refractivity contribution in [3.8, 4) is 11.5 Å². The number of benzene rings is 2. The molecule has 0 aliphatic carbocycles. The van der Waals surface area contributed by atoms with E-state index in [9.17, 15) is 9.18 Å². The first-order valence-corrected chi connectivity index (χ1v) is 6.47. The van der Waals surface area contributed by atoms with Crippen molar-refractivity contribution in [3.05, 3.63) is 54.0 Å². The molecule has 4 nitrogen and oxygen atoms in total. The molecule has 1 heterocycles. The summed E-state index contributed by atoms with van der Waals surface area (Å²) in [6, 6.07) is 9.69. The second-order valence-corrected chi connectivity index (χ2v) is 4.81. The van der Waals surface area contributed by atoms with Crippen molar-refractivity contribution in [3.63, 3.8) is 0 Å². The number of carbonyl (C=O) groups excluding carboxylic acids is 1. The highest BCUT2D eigenvalue weighted by molar-refractivity contribution is 5.90. The third-order valence-electron chi connectivity index (χ3n) is 3.20. The van der Waals surface area contributed by atoms with Crippen LogP contribution < -0.4 is 4.74 Å². The lowest BCUT2D eigenvalue weighted by atomic mass is 10.2. The van der Waals surface area contributed by atoms with Crippen LogP contribution in [0.15, 0.2) is 42.6 Å². The van der Waals surface area contributed by atoms with Gasteiger partial charge in [0.25, 0.3) is 0 Å². The zero-order valence-electron chi connectivity index (χ0n) is 11.6. The number of ether oxygens (including phenoxy) is 1. The number of aryl methyl sites for hydroxylation is 1. The van der Waals surface area contributed by atoms with Crippen LogP contribution >= 0.6 is 0 Å². The Labute approximate surface area is 120 Å². The fourth-order valence-electron chi connectivity index (χ4n) is 2.18. The molecule has 0 saturated carbocycles. The van der Waals surface area contributed by atoms with Crippen molar-refractivity contribution in [1.29, 1.82) is 0 Å². The van der Waals surface area contributed by atoms with E-state index >= 15 is 0 Å². The molecule has 3 rings (SSSR count). The fraction of sp³-hybridized carbons (Fsp3) is 0.125. The van der Waals surface area contributed by atoms with Crippen molar-refractivity contribution in [2.24, 2.45) is 0 Å².